The highest BCUT2D eigenvalue weighted by Crippen LogP contribution is 2.25. The molecule has 0 heterocycles. The molecule has 4 nitrogen and oxygen atoms in total. The zero-order valence-corrected chi connectivity index (χ0v) is 16.2. The van der Waals surface area contributed by atoms with E-state index < -0.39 is 5.97 Å². The van der Waals surface area contributed by atoms with Crippen molar-refractivity contribution in [3.05, 3.63) is 99.5 Å². The Morgan fingerprint density at radius 3 is 2.32 bits per heavy atom. The third-order valence-electron chi connectivity index (χ3n) is 3.94. The topological polar surface area (TPSA) is 52.6 Å². The molecule has 0 N–H and O–H groups in total. The quantitative estimate of drug-likeness (QED) is 0.372. The summed E-state index contributed by atoms with van der Waals surface area (Å²) in [6.07, 6.45) is 0. The molecule has 0 radical (unpaired) electrons. The van der Waals surface area contributed by atoms with Gasteiger partial charge in [0.25, 0.3) is 0 Å². The molecule has 0 atom stereocenters. The van der Waals surface area contributed by atoms with Crippen LogP contribution in [-0.4, -0.2) is 18.4 Å². The number of ether oxygens (including phenoxy) is 2. The van der Waals surface area contributed by atoms with Gasteiger partial charge in [-0.1, -0.05) is 71.7 Å². The maximum atomic E-state index is 12.4. The van der Waals surface area contributed by atoms with Crippen LogP contribution in [0.1, 0.15) is 26.3 Å². The summed E-state index contributed by atoms with van der Waals surface area (Å²) >= 11 is 12.0. The fraction of sp³-hybridized carbons (Fsp3) is 0.0909. The van der Waals surface area contributed by atoms with E-state index in [0.29, 0.717) is 21.4 Å². The van der Waals surface area contributed by atoms with Crippen molar-refractivity contribution < 1.29 is 19.1 Å². The molecule has 6 heteroatoms. The highest BCUT2D eigenvalue weighted by Gasteiger charge is 2.16. The third kappa shape index (κ3) is 5.12. The lowest BCUT2D eigenvalue weighted by atomic mass is 10.1. The van der Waals surface area contributed by atoms with Gasteiger partial charge in [0.15, 0.2) is 12.4 Å². The number of halogens is 2. The maximum Gasteiger partial charge on any atom is 0.342 e. The molecule has 0 fully saturated rings. The lowest BCUT2D eigenvalue weighted by Gasteiger charge is -2.12. The van der Waals surface area contributed by atoms with Gasteiger partial charge in [0.2, 0.25) is 0 Å². The predicted molar refractivity (Wildman–Crippen MR) is 108 cm³/mol. The lowest BCUT2D eigenvalue weighted by molar-refractivity contribution is 0.0470. The minimum absolute atomic E-state index is 0.156. The molecule has 3 aromatic carbocycles. The Bertz CT molecular complexity index is 987. The summed E-state index contributed by atoms with van der Waals surface area (Å²) in [6, 6.07) is 20.4. The van der Waals surface area contributed by atoms with E-state index in [2.05, 4.69) is 0 Å². The molecular formula is C22H16Cl2O4. The van der Waals surface area contributed by atoms with Gasteiger partial charge in [0.1, 0.15) is 17.9 Å². The summed E-state index contributed by atoms with van der Waals surface area (Å²) in [7, 11) is 0. The van der Waals surface area contributed by atoms with Crippen LogP contribution < -0.4 is 4.74 Å². The first-order chi connectivity index (χ1) is 13.5. The van der Waals surface area contributed by atoms with Crippen molar-refractivity contribution in [2.75, 3.05) is 6.61 Å². The largest absolute Gasteiger partial charge is 0.488 e. The number of carbonyl (C=O) groups excluding carboxylic acids is 2. The number of hydrogen-bond acceptors (Lipinski definition) is 4. The number of esters is 1. The second-order valence-corrected chi connectivity index (χ2v) is 6.73. The SMILES string of the molecule is O=C(COC(=O)c1ccccc1OCc1ccc(Cl)cc1Cl)c1ccccc1. The van der Waals surface area contributed by atoms with Crippen LogP contribution in [0.25, 0.3) is 0 Å². The normalized spacial score (nSPS) is 10.4. The van der Waals surface area contributed by atoms with Gasteiger partial charge in [-0.15, -0.1) is 0 Å². The summed E-state index contributed by atoms with van der Waals surface area (Å²) in [5, 5.41) is 1.00. The first kappa shape index (κ1) is 19.9. The van der Waals surface area contributed by atoms with Gasteiger partial charge in [-0.3, -0.25) is 4.79 Å². The Labute approximate surface area is 172 Å². The van der Waals surface area contributed by atoms with Crippen molar-refractivity contribution in [1.82, 2.24) is 0 Å². The number of benzene rings is 3. The molecule has 3 rings (SSSR count). The van der Waals surface area contributed by atoms with Crippen molar-refractivity contribution >= 4 is 35.0 Å². The molecule has 0 bridgehead atoms. The van der Waals surface area contributed by atoms with Gasteiger partial charge >= 0.3 is 5.97 Å². The van der Waals surface area contributed by atoms with Gasteiger partial charge in [-0.25, -0.2) is 4.79 Å². The standard InChI is InChI=1S/C22H16Cl2O4/c23-17-11-10-16(19(24)12-17)13-27-21-9-5-4-8-18(21)22(26)28-14-20(25)15-6-2-1-3-7-15/h1-12H,13-14H2. The van der Waals surface area contributed by atoms with Crippen LogP contribution in [-0.2, 0) is 11.3 Å². The fourth-order valence-corrected chi connectivity index (χ4v) is 2.93. The van der Waals surface area contributed by atoms with Crippen LogP contribution in [0, 0.1) is 0 Å². The minimum Gasteiger partial charge on any atom is -0.488 e. The highest BCUT2D eigenvalue weighted by atomic mass is 35.5. The summed E-state index contributed by atoms with van der Waals surface area (Å²) in [5.41, 5.74) is 1.44. The fourth-order valence-electron chi connectivity index (χ4n) is 2.47. The smallest absolute Gasteiger partial charge is 0.342 e. The molecule has 0 aliphatic heterocycles. The first-order valence-corrected chi connectivity index (χ1v) is 9.21. The summed E-state index contributed by atoms with van der Waals surface area (Å²) < 4.78 is 10.9. The summed E-state index contributed by atoms with van der Waals surface area (Å²) in [4.78, 5) is 24.5. The van der Waals surface area contributed by atoms with Gasteiger partial charge in [-0.05, 0) is 24.3 Å². The van der Waals surface area contributed by atoms with Crippen molar-refractivity contribution in [3.8, 4) is 5.75 Å². The van der Waals surface area contributed by atoms with Crippen molar-refractivity contribution in [3.63, 3.8) is 0 Å². The number of para-hydroxylation sites is 1. The average Bonchev–Trinajstić information content (AvgIpc) is 2.72. The Hall–Kier alpha value is -2.82. The Morgan fingerprint density at radius 1 is 0.857 bits per heavy atom. The number of ketones is 1. The molecule has 0 aromatic heterocycles. The van der Waals surface area contributed by atoms with Gasteiger partial charge in [0, 0.05) is 21.2 Å². The predicted octanol–water partition coefficient (Wildman–Crippen LogP) is 5.61. The first-order valence-electron chi connectivity index (χ1n) is 8.45. The Kier molecular flexibility index (Phi) is 6.69. The van der Waals surface area contributed by atoms with E-state index in [-0.39, 0.29) is 24.6 Å². The van der Waals surface area contributed by atoms with Crippen LogP contribution in [0.15, 0.2) is 72.8 Å². The monoisotopic (exact) mass is 414 g/mol. The molecule has 0 amide bonds. The van der Waals surface area contributed by atoms with E-state index in [1.807, 2.05) is 6.07 Å². The molecule has 142 valence electrons. The third-order valence-corrected chi connectivity index (χ3v) is 4.52. The van der Waals surface area contributed by atoms with Crippen LogP contribution in [0.5, 0.6) is 5.75 Å². The van der Waals surface area contributed by atoms with Crippen LogP contribution in [0.4, 0.5) is 0 Å². The second kappa shape index (κ2) is 9.40. The molecule has 0 aliphatic carbocycles. The number of rotatable bonds is 7. The average molecular weight is 415 g/mol. The minimum atomic E-state index is -0.637. The summed E-state index contributed by atoms with van der Waals surface area (Å²) in [5.74, 6) is -0.576. The molecule has 0 saturated heterocycles. The van der Waals surface area contributed by atoms with E-state index in [9.17, 15) is 9.59 Å². The Balaban J connectivity index is 1.65. The van der Waals surface area contributed by atoms with Gasteiger partial charge in [-0.2, -0.15) is 0 Å². The number of Topliss-reactive ketones (excluding diaryl/α,β-unsaturated/α-hetero) is 1. The number of carbonyl (C=O) groups is 2. The molecule has 0 aliphatic rings. The number of hydrogen-bond donors (Lipinski definition) is 0. The van der Waals surface area contributed by atoms with E-state index >= 15 is 0 Å². The van der Waals surface area contributed by atoms with E-state index in [1.54, 1.807) is 66.7 Å². The maximum absolute atomic E-state index is 12.4. The van der Waals surface area contributed by atoms with Crippen molar-refractivity contribution in [1.29, 1.82) is 0 Å². The molecule has 0 unspecified atom stereocenters. The van der Waals surface area contributed by atoms with E-state index in [0.717, 1.165) is 5.56 Å². The second-order valence-electron chi connectivity index (χ2n) is 5.89. The van der Waals surface area contributed by atoms with Crippen molar-refractivity contribution in [2.45, 2.75) is 6.61 Å². The Morgan fingerprint density at radius 2 is 1.57 bits per heavy atom. The zero-order valence-electron chi connectivity index (χ0n) is 14.7. The molecular weight excluding hydrogens is 399 g/mol. The van der Waals surface area contributed by atoms with Crippen LogP contribution in [0.2, 0.25) is 10.0 Å². The highest BCUT2D eigenvalue weighted by molar-refractivity contribution is 6.35. The van der Waals surface area contributed by atoms with Crippen LogP contribution in [0.3, 0.4) is 0 Å². The molecule has 28 heavy (non-hydrogen) atoms. The molecule has 3 aromatic rings. The van der Waals surface area contributed by atoms with Crippen molar-refractivity contribution in [2.24, 2.45) is 0 Å². The molecule has 0 spiro atoms. The molecule has 0 saturated carbocycles. The zero-order chi connectivity index (χ0) is 19.9. The van der Waals surface area contributed by atoms with E-state index in [1.165, 1.54) is 0 Å². The van der Waals surface area contributed by atoms with Gasteiger partial charge < -0.3 is 9.47 Å². The van der Waals surface area contributed by atoms with Crippen LogP contribution >= 0.6 is 23.2 Å². The van der Waals surface area contributed by atoms with Gasteiger partial charge in [0.05, 0.1) is 0 Å². The summed E-state index contributed by atoms with van der Waals surface area (Å²) in [6.45, 7) is -0.191. The van der Waals surface area contributed by atoms with E-state index in [4.69, 9.17) is 32.7 Å². The lowest BCUT2D eigenvalue weighted by Crippen LogP contribution is -2.15.